The Labute approximate surface area is 115 Å². The summed E-state index contributed by atoms with van der Waals surface area (Å²) in [6, 6.07) is 0.593. The highest BCUT2D eigenvalue weighted by Gasteiger charge is 2.66. The molecule has 3 heteroatoms. The Morgan fingerprint density at radius 3 is 2.44 bits per heavy atom. The van der Waals surface area contributed by atoms with Gasteiger partial charge in [-0.05, 0) is 36.1 Å². The van der Waals surface area contributed by atoms with Crippen LogP contribution in [0.15, 0.2) is 11.7 Å². The third-order valence-electron chi connectivity index (χ3n) is 5.10. The standard InChI is InChI=1S/C15H26N2S/c1-6-7-17-12(8-11-9-16-10-18-11)13-14(2,3)15(13,4)5/h9-10,12-13,17H,6-8H2,1-5H3. The van der Waals surface area contributed by atoms with Crippen molar-refractivity contribution in [3.63, 3.8) is 0 Å². The minimum Gasteiger partial charge on any atom is -0.313 e. The summed E-state index contributed by atoms with van der Waals surface area (Å²) >= 11 is 1.78. The molecule has 1 aromatic heterocycles. The zero-order valence-electron chi connectivity index (χ0n) is 12.3. The van der Waals surface area contributed by atoms with Crippen LogP contribution in [0.4, 0.5) is 0 Å². The molecule has 0 saturated heterocycles. The van der Waals surface area contributed by atoms with E-state index >= 15 is 0 Å². The predicted octanol–water partition coefficient (Wildman–Crippen LogP) is 3.74. The van der Waals surface area contributed by atoms with Gasteiger partial charge in [-0.1, -0.05) is 34.6 Å². The smallest absolute Gasteiger partial charge is 0.0794 e. The first kappa shape index (κ1) is 14.0. The number of rotatable bonds is 6. The van der Waals surface area contributed by atoms with Crippen molar-refractivity contribution in [1.29, 1.82) is 0 Å². The Morgan fingerprint density at radius 2 is 2.00 bits per heavy atom. The molecule has 1 N–H and O–H groups in total. The normalized spacial score (nSPS) is 22.9. The van der Waals surface area contributed by atoms with Gasteiger partial charge in [0.1, 0.15) is 0 Å². The van der Waals surface area contributed by atoms with Crippen LogP contribution < -0.4 is 5.32 Å². The highest BCUT2D eigenvalue weighted by molar-refractivity contribution is 7.09. The second kappa shape index (κ2) is 4.93. The lowest BCUT2D eigenvalue weighted by Crippen LogP contribution is -2.35. The highest BCUT2D eigenvalue weighted by atomic mass is 32.1. The lowest BCUT2D eigenvalue weighted by Gasteiger charge is -2.20. The quantitative estimate of drug-likeness (QED) is 0.848. The Bertz CT molecular complexity index is 367. The molecule has 1 fully saturated rings. The fourth-order valence-electron chi connectivity index (χ4n) is 3.45. The second-order valence-electron chi connectivity index (χ2n) is 6.65. The zero-order valence-corrected chi connectivity index (χ0v) is 13.1. The number of nitrogens with zero attached hydrogens (tertiary/aromatic N) is 1. The maximum Gasteiger partial charge on any atom is 0.0794 e. The minimum atomic E-state index is 0.448. The summed E-state index contributed by atoms with van der Waals surface area (Å²) < 4.78 is 0. The van der Waals surface area contributed by atoms with Crippen molar-refractivity contribution in [3.05, 3.63) is 16.6 Å². The number of nitrogens with one attached hydrogen (secondary N) is 1. The first-order chi connectivity index (χ1) is 8.41. The maximum atomic E-state index is 4.20. The van der Waals surface area contributed by atoms with E-state index in [9.17, 15) is 0 Å². The molecule has 0 spiro atoms. The zero-order chi connectivity index (χ0) is 13.4. The van der Waals surface area contributed by atoms with E-state index < -0.39 is 0 Å². The van der Waals surface area contributed by atoms with Crippen LogP contribution in [0.5, 0.6) is 0 Å². The van der Waals surface area contributed by atoms with Gasteiger partial charge in [0.2, 0.25) is 0 Å². The number of hydrogen-bond acceptors (Lipinski definition) is 3. The van der Waals surface area contributed by atoms with E-state index in [2.05, 4.69) is 44.9 Å². The van der Waals surface area contributed by atoms with Crippen molar-refractivity contribution < 1.29 is 0 Å². The van der Waals surface area contributed by atoms with Crippen LogP contribution in [-0.2, 0) is 6.42 Å². The lowest BCUT2D eigenvalue weighted by atomic mass is 10.0. The first-order valence-electron chi connectivity index (χ1n) is 7.02. The third kappa shape index (κ3) is 2.35. The minimum absolute atomic E-state index is 0.448. The molecule has 0 aromatic carbocycles. The summed E-state index contributed by atoms with van der Waals surface area (Å²) in [5.41, 5.74) is 2.83. The van der Waals surface area contributed by atoms with E-state index in [1.807, 2.05) is 11.7 Å². The summed E-state index contributed by atoms with van der Waals surface area (Å²) in [5, 5.41) is 3.76. The van der Waals surface area contributed by atoms with Gasteiger partial charge in [0.15, 0.2) is 0 Å². The summed E-state index contributed by atoms with van der Waals surface area (Å²) in [6.07, 6.45) is 4.35. The van der Waals surface area contributed by atoms with E-state index in [0.29, 0.717) is 16.9 Å². The fraction of sp³-hybridized carbons (Fsp3) is 0.800. The summed E-state index contributed by atoms with van der Waals surface area (Å²) in [6.45, 7) is 13.0. The second-order valence-corrected chi connectivity index (χ2v) is 7.62. The lowest BCUT2D eigenvalue weighted by molar-refractivity contribution is 0.397. The van der Waals surface area contributed by atoms with Crippen molar-refractivity contribution in [2.45, 2.75) is 53.5 Å². The Kier molecular flexibility index (Phi) is 3.84. The average molecular weight is 266 g/mol. The predicted molar refractivity (Wildman–Crippen MR) is 79.0 cm³/mol. The third-order valence-corrected chi connectivity index (χ3v) is 5.90. The van der Waals surface area contributed by atoms with Gasteiger partial charge in [0.05, 0.1) is 5.51 Å². The molecule has 1 aliphatic carbocycles. The molecule has 0 radical (unpaired) electrons. The van der Waals surface area contributed by atoms with Crippen molar-refractivity contribution in [2.75, 3.05) is 6.54 Å². The molecular weight excluding hydrogens is 240 g/mol. The molecule has 18 heavy (non-hydrogen) atoms. The summed E-state index contributed by atoms with van der Waals surface area (Å²) in [7, 11) is 0. The van der Waals surface area contributed by atoms with Crippen LogP contribution in [0.2, 0.25) is 0 Å². The Morgan fingerprint density at radius 1 is 1.33 bits per heavy atom. The van der Waals surface area contributed by atoms with Gasteiger partial charge < -0.3 is 5.32 Å². The van der Waals surface area contributed by atoms with Crippen LogP contribution >= 0.6 is 11.3 Å². The van der Waals surface area contributed by atoms with Gasteiger partial charge in [-0.25, -0.2) is 0 Å². The highest BCUT2D eigenvalue weighted by Crippen LogP contribution is 2.69. The molecule has 2 nitrogen and oxygen atoms in total. The van der Waals surface area contributed by atoms with Crippen molar-refractivity contribution in [3.8, 4) is 0 Å². The van der Waals surface area contributed by atoms with Gasteiger partial charge in [-0.2, -0.15) is 0 Å². The average Bonchev–Trinajstić information content (AvgIpc) is 2.70. The van der Waals surface area contributed by atoms with Gasteiger partial charge >= 0.3 is 0 Å². The van der Waals surface area contributed by atoms with E-state index in [0.717, 1.165) is 18.9 Å². The molecule has 102 valence electrons. The van der Waals surface area contributed by atoms with Crippen molar-refractivity contribution in [1.82, 2.24) is 10.3 Å². The van der Waals surface area contributed by atoms with Crippen LogP contribution in [0.3, 0.4) is 0 Å². The largest absolute Gasteiger partial charge is 0.313 e. The maximum absolute atomic E-state index is 4.20. The molecule has 1 unspecified atom stereocenters. The van der Waals surface area contributed by atoms with Crippen molar-refractivity contribution in [2.24, 2.45) is 16.7 Å². The molecule has 1 saturated carbocycles. The van der Waals surface area contributed by atoms with Gasteiger partial charge in [-0.15, -0.1) is 11.3 Å². The molecule has 1 aliphatic rings. The molecule has 0 amide bonds. The topological polar surface area (TPSA) is 24.9 Å². The SMILES string of the molecule is CCCNC(Cc1cncs1)C1C(C)(C)C1(C)C. The van der Waals surface area contributed by atoms with Gasteiger partial charge in [0.25, 0.3) is 0 Å². The molecular formula is C15H26N2S. The molecule has 1 heterocycles. The molecule has 2 rings (SSSR count). The van der Waals surface area contributed by atoms with Crippen molar-refractivity contribution >= 4 is 11.3 Å². The molecule has 1 atom stereocenters. The van der Waals surface area contributed by atoms with E-state index in [4.69, 9.17) is 0 Å². The fourth-order valence-corrected chi connectivity index (χ4v) is 4.11. The molecule has 0 bridgehead atoms. The monoisotopic (exact) mass is 266 g/mol. The number of aromatic nitrogens is 1. The van der Waals surface area contributed by atoms with Crippen LogP contribution in [-0.4, -0.2) is 17.6 Å². The van der Waals surface area contributed by atoms with Crippen LogP contribution in [0.1, 0.15) is 45.9 Å². The molecule has 0 aliphatic heterocycles. The van der Waals surface area contributed by atoms with Crippen LogP contribution in [0, 0.1) is 16.7 Å². The number of hydrogen-bond donors (Lipinski definition) is 1. The summed E-state index contributed by atoms with van der Waals surface area (Å²) in [4.78, 5) is 5.60. The number of thiazole rings is 1. The first-order valence-corrected chi connectivity index (χ1v) is 7.90. The Balaban J connectivity index is 2.07. The molecule has 1 aromatic rings. The summed E-state index contributed by atoms with van der Waals surface area (Å²) in [5.74, 6) is 0.763. The van der Waals surface area contributed by atoms with Crippen LogP contribution in [0.25, 0.3) is 0 Å². The Hall–Kier alpha value is -0.410. The van der Waals surface area contributed by atoms with Gasteiger partial charge in [-0.3, -0.25) is 4.98 Å². The van der Waals surface area contributed by atoms with E-state index in [1.165, 1.54) is 11.3 Å². The van der Waals surface area contributed by atoms with Gasteiger partial charge in [0, 0.05) is 17.1 Å². The van der Waals surface area contributed by atoms with E-state index in [1.54, 1.807) is 11.3 Å². The van der Waals surface area contributed by atoms with E-state index in [-0.39, 0.29) is 0 Å².